The predicted octanol–water partition coefficient (Wildman–Crippen LogP) is 0.466. The van der Waals surface area contributed by atoms with Crippen molar-refractivity contribution >= 4 is 11.6 Å². The third-order valence-corrected chi connectivity index (χ3v) is 1.79. The Hall–Kier alpha value is -1.39. The van der Waals surface area contributed by atoms with Gasteiger partial charge in [-0.25, -0.2) is 0 Å². The van der Waals surface area contributed by atoms with Crippen LogP contribution < -0.4 is 11.1 Å². The van der Waals surface area contributed by atoms with Gasteiger partial charge >= 0.3 is 0 Å². The van der Waals surface area contributed by atoms with E-state index in [4.69, 9.17) is 10.8 Å². The molecule has 1 amide bonds. The van der Waals surface area contributed by atoms with Gasteiger partial charge in [-0.05, 0) is 17.7 Å². The molecular weight excluding hydrogens is 180 g/mol. The molecule has 76 valence electrons. The molecule has 0 atom stereocenters. The number of nitrogens with one attached hydrogen (secondary N) is 1. The second-order valence-corrected chi connectivity index (χ2v) is 2.94. The fourth-order valence-electron chi connectivity index (χ4n) is 1.05. The lowest BCUT2D eigenvalue weighted by molar-refractivity contribution is -0.116. The van der Waals surface area contributed by atoms with Crippen molar-refractivity contribution in [2.75, 3.05) is 11.9 Å². The molecule has 1 rings (SSSR count). The van der Waals surface area contributed by atoms with E-state index < -0.39 is 0 Å². The average molecular weight is 194 g/mol. The van der Waals surface area contributed by atoms with Crippen molar-refractivity contribution < 1.29 is 9.90 Å². The van der Waals surface area contributed by atoms with Gasteiger partial charge in [0.1, 0.15) is 0 Å². The van der Waals surface area contributed by atoms with Gasteiger partial charge in [0.15, 0.2) is 0 Å². The minimum Gasteiger partial charge on any atom is -0.392 e. The highest BCUT2D eigenvalue weighted by molar-refractivity contribution is 5.90. The van der Waals surface area contributed by atoms with Crippen LogP contribution >= 0.6 is 0 Å². The molecule has 0 saturated carbocycles. The third kappa shape index (κ3) is 3.16. The Kier molecular flexibility index (Phi) is 4.10. The number of hydrogen-bond donors (Lipinski definition) is 3. The maximum absolute atomic E-state index is 11.1. The minimum atomic E-state index is -0.0933. The fraction of sp³-hybridized carbons (Fsp3) is 0.300. The monoisotopic (exact) mass is 194 g/mol. The van der Waals surface area contributed by atoms with E-state index in [2.05, 4.69) is 5.32 Å². The van der Waals surface area contributed by atoms with Crippen LogP contribution in [0.25, 0.3) is 0 Å². The van der Waals surface area contributed by atoms with E-state index >= 15 is 0 Å². The quantitative estimate of drug-likeness (QED) is 0.652. The van der Waals surface area contributed by atoms with Crippen LogP contribution in [0.5, 0.6) is 0 Å². The topological polar surface area (TPSA) is 75.4 Å². The summed E-state index contributed by atoms with van der Waals surface area (Å²) in [5, 5.41) is 11.5. The highest BCUT2D eigenvalue weighted by atomic mass is 16.3. The number of aliphatic hydroxyl groups is 1. The van der Waals surface area contributed by atoms with E-state index in [1.807, 2.05) is 0 Å². The lowest BCUT2D eigenvalue weighted by Gasteiger charge is -2.04. The first-order valence-electron chi connectivity index (χ1n) is 4.46. The van der Waals surface area contributed by atoms with Crippen LogP contribution in [0, 0.1) is 0 Å². The molecule has 0 fully saturated rings. The number of aliphatic hydroxyl groups excluding tert-OH is 1. The van der Waals surface area contributed by atoms with Crippen LogP contribution in [0.4, 0.5) is 5.69 Å². The first-order valence-corrected chi connectivity index (χ1v) is 4.46. The van der Waals surface area contributed by atoms with E-state index in [9.17, 15) is 4.79 Å². The fourth-order valence-corrected chi connectivity index (χ4v) is 1.05. The van der Waals surface area contributed by atoms with Crippen LogP contribution in [0.2, 0.25) is 0 Å². The maximum Gasteiger partial charge on any atom is 0.225 e. The standard InChI is InChI=1S/C10H14N2O2/c11-6-5-10(14)12-9-3-1-8(7-13)2-4-9/h1-4,13H,5-7,11H2,(H,12,14). The van der Waals surface area contributed by atoms with E-state index in [1.165, 1.54) is 0 Å². The van der Waals surface area contributed by atoms with Gasteiger partial charge < -0.3 is 16.2 Å². The van der Waals surface area contributed by atoms with Gasteiger partial charge in [0.2, 0.25) is 5.91 Å². The van der Waals surface area contributed by atoms with Gasteiger partial charge in [0.25, 0.3) is 0 Å². The maximum atomic E-state index is 11.1. The molecule has 0 unspecified atom stereocenters. The molecule has 0 aliphatic heterocycles. The molecule has 0 spiro atoms. The van der Waals surface area contributed by atoms with Crippen molar-refractivity contribution in [2.45, 2.75) is 13.0 Å². The van der Waals surface area contributed by atoms with Crippen molar-refractivity contribution in [3.63, 3.8) is 0 Å². The molecule has 0 bridgehead atoms. The highest BCUT2D eigenvalue weighted by Gasteiger charge is 1.99. The summed E-state index contributed by atoms with van der Waals surface area (Å²) in [7, 11) is 0. The zero-order valence-electron chi connectivity index (χ0n) is 7.86. The Morgan fingerprint density at radius 2 is 2.00 bits per heavy atom. The molecule has 14 heavy (non-hydrogen) atoms. The minimum absolute atomic E-state index is 0.0109. The molecule has 0 aromatic heterocycles. The summed E-state index contributed by atoms with van der Waals surface area (Å²) >= 11 is 0. The molecule has 0 saturated heterocycles. The zero-order valence-corrected chi connectivity index (χ0v) is 7.86. The van der Waals surface area contributed by atoms with E-state index in [-0.39, 0.29) is 12.5 Å². The Morgan fingerprint density at radius 1 is 1.36 bits per heavy atom. The summed E-state index contributed by atoms with van der Waals surface area (Å²) < 4.78 is 0. The number of carbonyl (C=O) groups excluding carboxylic acids is 1. The zero-order chi connectivity index (χ0) is 10.4. The second-order valence-electron chi connectivity index (χ2n) is 2.94. The molecule has 1 aromatic rings. The first kappa shape index (κ1) is 10.7. The lowest BCUT2D eigenvalue weighted by Crippen LogP contribution is -2.16. The van der Waals surface area contributed by atoms with Crippen LogP contribution in [0.1, 0.15) is 12.0 Å². The highest BCUT2D eigenvalue weighted by Crippen LogP contribution is 2.09. The molecule has 0 aliphatic carbocycles. The van der Waals surface area contributed by atoms with Crippen molar-refractivity contribution in [3.05, 3.63) is 29.8 Å². The summed E-state index contributed by atoms with van der Waals surface area (Å²) in [6.07, 6.45) is 0.321. The molecule has 1 aromatic carbocycles. The Balaban J connectivity index is 2.55. The van der Waals surface area contributed by atoms with Gasteiger partial charge in [-0.3, -0.25) is 4.79 Å². The van der Waals surface area contributed by atoms with E-state index in [0.717, 1.165) is 11.3 Å². The molecule has 0 heterocycles. The molecular formula is C10H14N2O2. The van der Waals surface area contributed by atoms with Crippen LogP contribution in [0.3, 0.4) is 0 Å². The summed E-state index contributed by atoms with van der Waals surface area (Å²) in [5.74, 6) is -0.0933. The smallest absolute Gasteiger partial charge is 0.225 e. The summed E-state index contributed by atoms with van der Waals surface area (Å²) in [5.41, 5.74) is 6.78. The largest absolute Gasteiger partial charge is 0.392 e. The van der Waals surface area contributed by atoms with Crippen molar-refractivity contribution in [2.24, 2.45) is 5.73 Å². The van der Waals surface area contributed by atoms with E-state index in [0.29, 0.717) is 13.0 Å². The molecule has 4 nitrogen and oxygen atoms in total. The van der Waals surface area contributed by atoms with Gasteiger partial charge in [0, 0.05) is 18.7 Å². The van der Waals surface area contributed by atoms with Crippen molar-refractivity contribution in [1.82, 2.24) is 0 Å². The number of amides is 1. The summed E-state index contributed by atoms with van der Waals surface area (Å²) in [4.78, 5) is 11.1. The van der Waals surface area contributed by atoms with Gasteiger partial charge in [-0.1, -0.05) is 12.1 Å². The normalized spacial score (nSPS) is 9.86. The number of anilines is 1. The number of nitrogens with two attached hydrogens (primary N) is 1. The molecule has 4 N–H and O–H groups in total. The predicted molar refractivity (Wildman–Crippen MR) is 54.7 cm³/mol. The van der Waals surface area contributed by atoms with E-state index in [1.54, 1.807) is 24.3 Å². The summed E-state index contributed by atoms with van der Waals surface area (Å²) in [6.45, 7) is 0.359. The SMILES string of the molecule is NCCC(=O)Nc1ccc(CO)cc1. The van der Waals surface area contributed by atoms with Gasteiger partial charge in [-0.15, -0.1) is 0 Å². The van der Waals surface area contributed by atoms with Crippen LogP contribution in [-0.4, -0.2) is 17.6 Å². The Bertz CT molecular complexity index is 295. The van der Waals surface area contributed by atoms with Crippen LogP contribution in [-0.2, 0) is 11.4 Å². The Morgan fingerprint density at radius 3 is 2.50 bits per heavy atom. The van der Waals surface area contributed by atoms with Gasteiger partial charge in [0.05, 0.1) is 6.61 Å². The average Bonchev–Trinajstić information content (AvgIpc) is 2.19. The van der Waals surface area contributed by atoms with Gasteiger partial charge in [-0.2, -0.15) is 0 Å². The number of benzene rings is 1. The lowest BCUT2D eigenvalue weighted by atomic mass is 10.2. The second kappa shape index (κ2) is 5.36. The number of carbonyl (C=O) groups is 1. The number of rotatable bonds is 4. The van der Waals surface area contributed by atoms with Crippen molar-refractivity contribution in [1.29, 1.82) is 0 Å². The number of hydrogen-bond acceptors (Lipinski definition) is 3. The van der Waals surface area contributed by atoms with Crippen molar-refractivity contribution in [3.8, 4) is 0 Å². The molecule has 0 aliphatic rings. The summed E-state index contributed by atoms with van der Waals surface area (Å²) in [6, 6.07) is 7.02. The molecule has 4 heteroatoms. The Labute approximate surface area is 82.7 Å². The third-order valence-electron chi connectivity index (χ3n) is 1.79. The van der Waals surface area contributed by atoms with Crippen LogP contribution in [0.15, 0.2) is 24.3 Å². The molecule has 0 radical (unpaired) electrons. The first-order chi connectivity index (χ1) is 6.76.